The molecule has 2 unspecified atom stereocenters. The van der Waals surface area contributed by atoms with Gasteiger partial charge in [0.05, 0.1) is 24.8 Å². The fourth-order valence-corrected chi connectivity index (χ4v) is 5.62. The maximum absolute atomic E-state index is 9.44. The molecule has 1 spiro atoms. The van der Waals surface area contributed by atoms with Gasteiger partial charge >= 0.3 is 0 Å². The van der Waals surface area contributed by atoms with Crippen molar-refractivity contribution in [2.24, 2.45) is 5.92 Å². The molecule has 0 N–H and O–H groups in total. The number of hydrogen-bond acceptors (Lipinski definition) is 4. The Kier molecular flexibility index (Phi) is 4.15. The summed E-state index contributed by atoms with van der Waals surface area (Å²) in [5, 5.41) is 9.44. The van der Waals surface area contributed by atoms with Gasteiger partial charge in [-0.25, -0.2) is 0 Å². The molecule has 1 saturated carbocycles. The Morgan fingerprint density at radius 1 is 1.24 bits per heavy atom. The van der Waals surface area contributed by atoms with Crippen LogP contribution in [0.3, 0.4) is 0 Å². The lowest BCUT2D eigenvalue weighted by Gasteiger charge is -2.57. The molecule has 0 bridgehead atoms. The second kappa shape index (κ2) is 6.09. The van der Waals surface area contributed by atoms with Crippen molar-refractivity contribution in [3.63, 3.8) is 0 Å². The number of benzene rings is 1. The van der Waals surface area contributed by atoms with Crippen LogP contribution in [0, 0.1) is 24.2 Å². The Morgan fingerprint density at radius 2 is 2.00 bits per heavy atom. The minimum absolute atomic E-state index is 0.0332. The first-order chi connectivity index (χ1) is 12.0. The van der Waals surface area contributed by atoms with E-state index in [4.69, 9.17) is 9.47 Å². The highest BCUT2D eigenvalue weighted by Crippen LogP contribution is 2.56. The molecule has 4 heteroatoms. The van der Waals surface area contributed by atoms with E-state index in [-0.39, 0.29) is 5.41 Å². The third-order valence-corrected chi connectivity index (χ3v) is 7.04. The molecule has 4 nitrogen and oxygen atoms in total. The van der Waals surface area contributed by atoms with Crippen molar-refractivity contribution in [2.45, 2.75) is 56.8 Å². The summed E-state index contributed by atoms with van der Waals surface area (Å²) >= 11 is 0. The smallest absolute Gasteiger partial charge is 0.169 e. The zero-order valence-electron chi connectivity index (χ0n) is 15.5. The fourth-order valence-electron chi connectivity index (χ4n) is 5.62. The first-order valence-corrected chi connectivity index (χ1v) is 9.49. The number of aryl methyl sites for hydroxylation is 1. The molecule has 3 atom stereocenters. The zero-order valence-corrected chi connectivity index (χ0v) is 15.5. The summed E-state index contributed by atoms with van der Waals surface area (Å²) in [4.78, 5) is 2.49. The van der Waals surface area contributed by atoms with Crippen LogP contribution in [-0.2, 0) is 14.9 Å². The van der Waals surface area contributed by atoms with Crippen molar-refractivity contribution in [3.05, 3.63) is 34.9 Å². The van der Waals surface area contributed by atoms with Gasteiger partial charge < -0.3 is 14.4 Å². The molecule has 0 aromatic heterocycles. The second-order valence-electron chi connectivity index (χ2n) is 8.20. The molecule has 4 rings (SSSR count). The Bertz CT molecular complexity index is 704. The Balaban J connectivity index is 1.84. The quantitative estimate of drug-likeness (QED) is 0.786. The van der Waals surface area contributed by atoms with Crippen LogP contribution in [0.1, 0.15) is 49.3 Å². The van der Waals surface area contributed by atoms with Gasteiger partial charge in [0.15, 0.2) is 5.79 Å². The number of nitrogens with zero attached hydrogens (tertiary/aromatic N) is 2. The predicted molar refractivity (Wildman–Crippen MR) is 96.3 cm³/mol. The summed E-state index contributed by atoms with van der Waals surface area (Å²) in [7, 11) is 2.24. The monoisotopic (exact) mass is 340 g/mol. The summed E-state index contributed by atoms with van der Waals surface area (Å²) in [6.07, 6.45) is 4.11. The van der Waals surface area contributed by atoms with Crippen molar-refractivity contribution in [1.82, 2.24) is 4.90 Å². The van der Waals surface area contributed by atoms with Gasteiger partial charge in [0, 0.05) is 24.3 Å². The van der Waals surface area contributed by atoms with E-state index in [1.807, 2.05) is 6.07 Å². The molecule has 25 heavy (non-hydrogen) atoms. The summed E-state index contributed by atoms with van der Waals surface area (Å²) in [6.45, 7) is 7.02. The first-order valence-electron chi connectivity index (χ1n) is 9.49. The minimum Gasteiger partial charge on any atom is -0.348 e. The maximum Gasteiger partial charge on any atom is 0.169 e. The third kappa shape index (κ3) is 2.61. The Morgan fingerprint density at radius 3 is 2.72 bits per heavy atom. The number of ether oxygens (including phenoxy) is 2. The SMILES string of the molecule is Cc1ccc(C#N)cc1[C@]12CCN(C)C(C)C1CCC1(C2)OCCO1. The summed E-state index contributed by atoms with van der Waals surface area (Å²) in [5.41, 5.74) is 3.42. The lowest BCUT2D eigenvalue weighted by atomic mass is 9.55. The molecular weight excluding hydrogens is 312 g/mol. The summed E-state index contributed by atoms with van der Waals surface area (Å²) < 4.78 is 12.3. The van der Waals surface area contributed by atoms with Crippen LogP contribution >= 0.6 is 0 Å². The molecule has 2 heterocycles. The van der Waals surface area contributed by atoms with Crippen LogP contribution in [0.2, 0.25) is 0 Å². The molecule has 0 amide bonds. The third-order valence-electron chi connectivity index (χ3n) is 7.04. The number of piperidine rings is 1. The molecule has 3 aliphatic rings. The van der Waals surface area contributed by atoms with Crippen LogP contribution in [0.5, 0.6) is 0 Å². The van der Waals surface area contributed by atoms with Gasteiger partial charge in [-0.15, -0.1) is 0 Å². The molecule has 3 fully saturated rings. The summed E-state index contributed by atoms with van der Waals surface area (Å²) in [6, 6.07) is 9.04. The first kappa shape index (κ1) is 17.0. The van der Waals surface area contributed by atoms with Crippen LogP contribution in [0.25, 0.3) is 0 Å². The van der Waals surface area contributed by atoms with Crippen LogP contribution in [-0.4, -0.2) is 43.5 Å². The average molecular weight is 340 g/mol. The van der Waals surface area contributed by atoms with Crippen molar-refractivity contribution in [2.75, 3.05) is 26.8 Å². The van der Waals surface area contributed by atoms with Gasteiger partial charge in [0.1, 0.15) is 0 Å². The van der Waals surface area contributed by atoms with Gasteiger partial charge in [0.25, 0.3) is 0 Å². The van der Waals surface area contributed by atoms with Gasteiger partial charge in [0.2, 0.25) is 0 Å². The lowest BCUT2D eigenvalue weighted by molar-refractivity contribution is -0.210. The minimum atomic E-state index is -0.415. The molecule has 2 saturated heterocycles. The normalized spacial score (nSPS) is 34.6. The summed E-state index contributed by atoms with van der Waals surface area (Å²) in [5.74, 6) is 0.152. The Hall–Kier alpha value is -1.41. The largest absolute Gasteiger partial charge is 0.348 e. The second-order valence-corrected chi connectivity index (χ2v) is 8.20. The molecule has 0 radical (unpaired) electrons. The van der Waals surface area contributed by atoms with Crippen molar-refractivity contribution >= 4 is 0 Å². The average Bonchev–Trinajstić information content (AvgIpc) is 3.06. The van der Waals surface area contributed by atoms with E-state index < -0.39 is 5.79 Å². The molecular formula is C21H28N2O2. The zero-order chi connectivity index (χ0) is 17.7. The predicted octanol–water partition coefficient (Wildman–Crippen LogP) is 3.37. The standard InChI is InChI=1S/C21H28N2O2/c1-15-4-5-17(13-22)12-19(15)20-8-9-23(3)16(2)18(20)6-7-21(14-20)24-10-11-25-21/h4-5,12,16,18H,6-11,14H2,1-3H3/t16?,18?,20-/m0/s1. The number of nitriles is 1. The van der Waals surface area contributed by atoms with Crippen LogP contribution < -0.4 is 0 Å². The van der Waals surface area contributed by atoms with Gasteiger partial charge in [-0.1, -0.05) is 6.07 Å². The van der Waals surface area contributed by atoms with Gasteiger partial charge in [-0.05, 0) is 69.5 Å². The van der Waals surface area contributed by atoms with E-state index in [0.717, 1.165) is 37.8 Å². The van der Waals surface area contributed by atoms with Crippen molar-refractivity contribution in [3.8, 4) is 6.07 Å². The van der Waals surface area contributed by atoms with Crippen LogP contribution in [0.4, 0.5) is 0 Å². The van der Waals surface area contributed by atoms with Crippen LogP contribution in [0.15, 0.2) is 18.2 Å². The van der Waals surface area contributed by atoms with Crippen molar-refractivity contribution in [1.29, 1.82) is 5.26 Å². The van der Waals surface area contributed by atoms with E-state index in [2.05, 4.69) is 44.0 Å². The van der Waals surface area contributed by atoms with Gasteiger partial charge in [-0.2, -0.15) is 5.26 Å². The van der Waals surface area contributed by atoms with E-state index in [1.54, 1.807) is 0 Å². The molecule has 1 aromatic carbocycles. The molecule has 2 aliphatic heterocycles. The molecule has 1 aromatic rings. The highest BCUT2D eigenvalue weighted by atomic mass is 16.7. The number of likely N-dealkylation sites (tertiary alicyclic amines) is 1. The highest BCUT2D eigenvalue weighted by Gasteiger charge is 2.57. The molecule has 1 aliphatic carbocycles. The molecule has 134 valence electrons. The Labute approximate surface area is 150 Å². The number of hydrogen-bond donors (Lipinski definition) is 0. The van der Waals surface area contributed by atoms with E-state index in [1.165, 1.54) is 11.1 Å². The number of rotatable bonds is 1. The van der Waals surface area contributed by atoms with Gasteiger partial charge in [-0.3, -0.25) is 0 Å². The van der Waals surface area contributed by atoms with Crippen molar-refractivity contribution < 1.29 is 9.47 Å². The highest BCUT2D eigenvalue weighted by molar-refractivity contribution is 5.43. The van der Waals surface area contributed by atoms with E-state index in [9.17, 15) is 5.26 Å². The topological polar surface area (TPSA) is 45.5 Å². The number of fused-ring (bicyclic) bond motifs is 1. The van der Waals surface area contributed by atoms with E-state index in [0.29, 0.717) is 25.2 Å². The maximum atomic E-state index is 9.44. The lowest BCUT2D eigenvalue weighted by Crippen LogP contribution is -2.60. The van der Waals surface area contributed by atoms with E-state index >= 15 is 0 Å². The fraction of sp³-hybridized carbons (Fsp3) is 0.667.